The number of nitrogens with zero attached hydrogens (tertiary/aromatic N) is 2. The number of carbonyl (C=O) groups is 2. The van der Waals surface area contributed by atoms with E-state index in [2.05, 4.69) is 10.6 Å². The van der Waals surface area contributed by atoms with Crippen LogP contribution in [0.3, 0.4) is 0 Å². The van der Waals surface area contributed by atoms with E-state index in [0.29, 0.717) is 24.4 Å². The third-order valence-corrected chi connectivity index (χ3v) is 4.46. The van der Waals surface area contributed by atoms with E-state index in [1.165, 1.54) is 0 Å². The number of benzene rings is 2. The molecule has 0 aliphatic carbocycles. The molecule has 2 aromatic carbocycles. The van der Waals surface area contributed by atoms with Crippen molar-refractivity contribution in [2.24, 2.45) is 0 Å². The molecular weight excluding hydrogens is 380 g/mol. The molecule has 0 atom stereocenters. The summed E-state index contributed by atoms with van der Waals surface area (Å²) in [5.74, 6) is -0.636. The Labute approximate surface area is 174 Å². The second-order valence-corrected chi connectivity index (χ2v) is 6.56. The number of nitriles is 1. The molecule has 0 spiro atoms. The quantitative estimate of drug-likeness (QED) is 0.344. The smallest absolute Gasteiger partial charge is 0.266 e. The van der Waals surface area contributed by atoms with Crippen LogP contribution in [0.1, 0.15) is 5.56 Å². The Morgan fingerprint density at radius 1 is 1.13 bits per heavy atom. The summed E-state index contributed by atoms with van der Waals surface area (Å²) in [6, 6.07) is 18.5. The molecule has 152 valence electrons. The fourth-order valence-electron chi connectivity index (χ4n) is 3.05. The predicted octanol–water partition coefficient (Wildman–Crippen LogP) is 2.95. The molecule has 2 amide bonds. The van der Waals surface area contributed by atoms with Crippen LogP contribution < -0.4 is 10.6 Å². The van der Waals surface area contributed by atoms with Gasteiger partial charge in [0.15, 0.2) is 0 Å². The summed E-state index contributed by atoms with van der Waals surface area (Å²) in [6.07, 6.45) is 3.31. The van der Waals surface area contributed by atoms with E-state index in [1.54, 1.807) is 48.2 Å². The van der Waals surface area contributed by atoms with Gasteiger partial charge in [-0.2, -0.15) is 5.26 Å². The fourth-order valence-corrected chi connectivity index (χ4v) is 3.05. The van der Waals surface area contributed by atoms with Gasteiger partial charge in [0.1, 0.15) is 18.2 Å². The lowest BCUT2D eigenvalue weighted by atomic mass is 10.1. The van der Waals surface area contributed by atoms with Crippen LogP contribution in [0.25, 0.3) is 17.0 Å². The van der Waals surface area contributed by atoms with Gasteiger partial charge >= 0.3 is 0 Å². The van der Waals surface area contributed by atoms with E-state index >= 15 is 0 Å². The molecule has 0 fully saturated rings. The molecule has 0 radical (unpaired) electrons. The molecule has 0 saturated heterocycles. The summed E-state index contributed by atoms with van der Waals surface area (Å²) >= 11 is 0. The average molecular weight is 402 g/mol. The molecule has 0 aliphatic rings. The number of hydrogen-bond acceptors (Lipinski definition) is 4. The van der Waals surface area contributed by atoms with Gasteiger partial charge in [0.2, 0.25) is 5.91 Å². The lowest BCUT2D eigenvalue weighted by Crippen LogP contribution is -2.30. The highest BCUT2D eigenvalue weighted by Gasteiger charge is 2.14. The summed E-state index contributed by atoms with van der Waals surface area (Å²) < 4.78 is 6.74. The SMILES string of the molecule is COCCNC(=O)Cn1cc(C=C(C#N)C(=O)Nc2ccccc2)c2ccccc21. The lowest BCUT2D eigenvalue weighted by Gasteiger charge is -2.06. The first-order chi connectivity index (χ1) is 14.6. The Bertz CT molecular complexity index is 1110. The molecule has 0 aliphatic heterocycles. The largest absolute Gasteiger partial charge is 0.383 e. The van der Waals surface area contributed by atoms with Crippen LogP contribution in [0.4, 0.5) is 5.69 Å². The number of methoxy groups -OCH3 is 1. The summed E-state index contributed by atoms with van der Waals surface area (Å²) in [7, 11) is 1.57. The summed E-state index contributed by atoms with van der Waals surface area (Å²) in [6.45, 7) is 0.990. The minimum atomic E-state index is -0.488. The zero-order valence-electron chi connectivity index (χ0n) is 16.6. The predicted molar refractivity (Wildman–Crippen MR) is 115 cm³/mol. The van der Waals surface area contributed by atoms with Crippen molar-refractivity contribution in [3.8, 4) is 6.07 Å². The van der Waals surface area contributed by atoms with Gasteiger partial charge in [-0.1, -0.05) is 36.4 Å². The number of anilines is 1. The molecule has 3 aromatic rings. The first kappa shape index (κ1) is 20.8. The van der Waals surface area contributed by atoms with Gasteiger partial charge in [-0.05, 0) is 24.3 Å². The van der Waals surface area contributed by atoms with Crippen LogP contribution in [0, 0.1) is 11.3 Å². The van der Waals surface area contributed by atoms with Crippen molar-refractivity contribution in [1.82, 2.24) is 9.88 Å². The van der Waals surface area contributed by atoms with Crippen molar-refractivity contribution >= 4 is 34.5 Å². The van der Waals surface area contributed by atoms with E-state index in [9.17, 15) is 14.9 Å². The summed E-state index contributed by atoms with van der Waals surface area (Å²) in [4.78, 5) is 24.7. The summed E-state index contributed by atoms with van der Waals surface area (Å²) in [5.41, 5.74) is 2.12. The molecule has 0 unspecified atom stereocenters. The second kappa shape index (κ2) is 10.0. The molecule has 0 saturated carbocycles. The van der Waals surface area contributed by atoms with Crippen molar-refractivity contribution in [2.45, 2.75) is 6.54 Å². The van der Waals surface area contributed by atoms with Crippen molar-refractivity contribution in [3.63, 3.8) is 0 Å². The van der Waals surface area contributed by atoms with E-state index in [0.717, 1.165) is 10.9 Å². The highest BCUT2D eigenvalue weighted by molar-refractivity contribution is 6.10. The normalized spacial score (nSPS) is 11.1. The lowest BCUT2D eigenvalue weighted by molar-refractivity contribution is -0.121. The Balaban J connectivity index is 1.86. The maximum absolute atomic E-state index is 12.5. The van der Waals surface area contributed by atoms with Crippen molar-refractivity contribution in [2.75, 3.05) is 25.6 Å². The highest BCUT2D eigenvalue weighted by atomic mass is 16.5. The molecule has 1 heterocycles. The molecule has 7 heteroatoms. The number of aromatic nitrogens is 1. The van der Waals surface area contributed by atoms with Gasteiger partial charge in [0.05, 0.1) is 6.61 Å². The molecule has 7 nitrogen and oxygen atoms in total. The minimum Gasteiger partial charge on any atom is -0.383 e. The van der Waals surface area contributed by atoms with Crippen LogP contribution in [-0.4, -0.2) is 36.6 Å². The zero-order chi connectivity index (χ0) is 21.3. The molecule has 2 N–H and O–H groups in total. The number of hydrogen-bond donors (Lipinski definition) is 2. The van der Waals surface area contributed by atoms with Gasteiger partial charge in [-0.25, -0.2) is 0 Å². The van der Waals surface area contributed by atoms with Crippen LogP contribution in [-0.2, 0) is 20.9 Å². The number of amides is 2. The first-order valence-electron chi connectivity index (χ1n) is 9.44. The van der Waals surface area contributed by atoms with E-state index < -0.39 is 5.91 Å². The Morgan fingerprint density at radius 3 is 2.60 bits per heavy atom. The molecule has 30 heavy (non-hydrogen) atoms. The van der Waals surface area contributed by atoms with Crippen molar-refractivity contribution < 1.29 is 14.3 Å². The molecule has 1 aromatic heterocycles. The maximum atomic E-state index is 12.5. The number of carbonyl (C=O) groups excluding carboxylic acids is 2. The number of rotatable bonds is 8. The van der Waals surface area contributed by atoms with Crippen LogP contribution in [0.15, 0.2) is 66.4 Å². The number of nitrogens with one attached hydrogen (secondary N) is 2. The number of ether oxygens (including phenoxy) is 1. The third-order valence-electron chi connectivity index (χ3n) is 4.46. The van der Waals surface area contributed by atoms with Gasteiger partial charge < -0.3 is 19.9 Å². The van der Waals surface area contributed by atoms with E-state index in [1.807, 2.05) is 36.4 Å². The van der Waals surface area contributed by atoms with Crippen molar-refractivity contribution in [1.29, 1.82) is 5.26 Å². The summed E-state index contributed by atoms with van der Waals surface area (Å²) in [5, 5.41) is 15.9. The van der Waals surface area contributed by atoms with E-state index in [4.69, 9.17) is 4.74 Å². The minimum absolute atomic E-state index is 0.0219. The van der Waals surface area contributed by atoms with Crippen LogP contribution in [0.5, 0.6) is 0 Å². The zero-order valence-corrected chi connectivity index (χ0v) is 16.6. The first-order valence-corrected chi connectivity index (χ1v) is 9.44. The highest BCUT2D eigenvalue weighted by Crippen LogP contribution is 2.24. The third kappa shape index (κ3) is 5.13. The van der Waals surface area contributed by atoms with Gasteiger partial charge in [-0.3, -0.25) is 9.59 Å². The van der Waals surface area contributed by atoms with Gasteiger partial charge in [0, 0.05) is 42.0 Å². The average Bonchev–Trinajstić information content (AvgIpc) is 3.10. The fraction of sp³-hybridized carbons (Fsp3) is 0.174. The molecule has 0 bridgehead atoms. The topological polar surface area (TPSA) is 96.2 Å². The Morgan fingerprint density at radius 2 is 1.87 bits per heavy atom. The number of para-hydroxylation sites is 2. The standard InChI is InChI=1S/C23H22N4O3/c1-30-12-11-25-22(28)16-27-15-18(20-9-5-6-10-21(20)27)13-17(14-24)23(29)26-19-7-3-2-4-8-19/h2-10,13,15H,11-12,16H2,1H3,(H,25,28)(H,26,29). The second-order valence-electron chi connectivity index (χ2n) is 6.56. The van der Waals surface area contributed by atoms with Gasteiger partial charge in [-0.15, -0.1) is 0 Å². The molecule has 3 rings (SSSR count). The van der Waals surface area contributed by atoms with Crippen LogP contribution >= 0.6 is 0 Å². The Kier molecular flexibility index (Phi) is 6.98. The van der Waals surface area contributed by atoms with Gasteiger partial charge in [0.25, 0.3) is 5.91 Å². The molecular formula is C23H22N4O3. The van der Waals surface area contributed by atoms with Crippen LogP contribution in [0.2, 0.25) is 0 Å². The number of fused-ring (bicyclic) bond motifs is 1. The van der Waals surface area contributed by atoms with E-state index in [-0.39, 0.29) is 18.0 Å². The Hall–Kier alpha value is -3.89. The maximum Gasteiger partial charge on any atom is 0.266 e. The monoisotopic (exact) mass is 402 g/mol. The van der Waals surface area contributed by atoms with Crippen molar-refractivity contribution in [3.05, 3.63) is 71.9 Å².